The summed E-state index contributed by atoms with van der Waals surface area (Å²) in [5.41, 5.74) is 11.6. The van der Waals surface area contributed by atoms with Gasteiger partial charge in [-0.1, -0.05) is 0 Å². The summed E-state index contributed by atoms with van der Waals surface area (Å²) < 4.78 is 0. The summed E-state index contributed by atoms with van der Waals surface area (Å²) in [7, 11) is 1.81. The SMILES string of the molecule is CNc1cc(N2CCC(C)(N)C2)nc(N)n1. The van der Waals surface area contributed by atoms with E-state index >= 15 is 0 Å². The van der Waals surface area contributed by atoms with E-state index in [1.807, 2.05) is 13.1 Å². The molecule has 5 N–H and O–H groups in total. The molecule has 0 amide bonds. The molecular formula is C10H18N6. The highest BCUT2D eigenvalue weighted by molar-refractivity contribution is 5.53. The third-order valence-electron chi connectivity index (χ3n) is 2.81. The summed E-state index contributed by atoms with van der Waals surface area (Å²) in [5.74, 6) is 1.85. The Hall–Kier alpha value is -1.56. The van der Waals surface area contributed by atoms with Gasteiger partial charge in [0.2, 0.25) is 5.95 Å². The lowest BCUT2D eigenvalue weighted by Gasteiger charge is -2.21. The maximum atomic E-state index is 6.08. The van der Waals surface area contributed by atoms with Crippen LogP contribution in [-0.4, -0.2) is 35.6 Å². The lowest BCUT2D eigenvalue weighted by molar-refractivity contribution is 0.524. The molecule has 6 nitrogen and oxygen atoms in total. The molecule has 1 aromatic heterocycles. The van der Waals surface area contributed by atoms with E-state index in [0.717, 1.165) is 31.1 Å². The molecule has 0 aliphatic carbocycles. The predicted octanol–water partition coefficient (Wildman–Crippen LogP) is 0.0280. The van der Waals surface area contributed by atoms with E-state index in [1.165, 1.54) is 0 Å². The zero-order chi connectivity index (χ0) is 11.8. The number of rotatable bonds is 2. The van der Waals surface area contributed by atoms with Gasteiger partial charge in [0.25, 0.3) is 0 Å². The van der Waals surface area contributed by atoms with Gasteiger partial charge >= 0.3 is 0 Å². The van der Waals surface area contributed by atoms with E-state index in [1.54, 1.807) is 0 Å². The van der Waals surface area contributed by atoms with Crippen molar-refractivity contribution in [3.63, 3.8) is 0 Å². The lowest BCUT2D eigenvalue weighted by atomic mass is 10.0. The zero-order valence-electron chi connectivity index (χ0n) is 9.70. The second-order valence-electron chi connectivity index (χ2n) is 4.55. The fourth-order valence-corrected chi connectivity index (χ4v) is 1.92. The Bertz CT molecular complexity index is 389. The van der Waals surface area contributed by atoms with Crippen LogP contribution in [0.4, 0.5) is 17.6 Å². The van der Waals surface area contributed by atoms with Gasteiger partial charge in [0.15, 0.2) is 0 Å². The summed E-state index contributed by atoms with van der Waals surface area (Å²) in [6, 6.07) is 1.89. The molecule has 1 fully saturated rings. The van der Waals surface area contributed by atoms with Crippen molar-refractivity contribution in [2.45, 2.75) is 18.9 Å². The number of nitrogen functional groups attached to an aromatic ring is 1. The molecular weight excluding hydrogens is 204 g/mol. The molecule has 0 radical (unpaired) electrons. The molecule has 1 aliphatic heterocycles. The molecule has 1 atom stereocenters. The normalized spacial score (nSPS) is 24.8. The van der Waals surface area contributed by atoms with Gasteiger partial charge < -0.3 is 21.7 Å². The first-order valence-corrected chi connectivity index (χ1v) is 5.36. The molecule has 1 saturated heterocycles. The first-order chi connectivity index (χ1) is 7.50. The van der Waals surface area contributed by atoms with E-state index in [2.05, 4.69) is 27.1 Å². The quantitative estimate of drug-likeness (QED) is 0.653. The second-order valence-corrected chi connectivity index (χ2v) is 4.55. The molecule has 88 valence electrons. The molecule has 0 aromatic carbocycles. The monoisotopic (exact) mass is 222 g/mol. The molecule has 6 heteroatoms. The molecule has 2 rings (SSSR count). The minimum absolute atomic E-state index is 0.139. The lowest BCUT2D eigenvalue weighted by Crippen LogP contribution is -2.39. The van der Waals surface area contributed by atoms with Crippen molar-refractivity contribution >= 4 is 17.6 Å². The minimum atomic E-state index is -0.139. The summed E-state index contributed by atoms with van der Waals surface area (Å²) in [6.07, 6.45) is 0.964. The predicted molar refractivity (Wildman–Crippen MR) is 65.4 cm³/mol. The number of hydrogen-bond donors (Lipinski definition) is 3. The Labute approximate surface area is 95.0 Å². The summed E-state index contributed by atoms with van der Waals surface area (Å²) >= 11 is 0. The van der Waals surface area contributed by atoms with E-state index < -0.39 is 0 Å². The van der Waals surface area contributed by atoms with Gasteiger partial charge in [-0.05, 0) is 13.3 Å². The number of hydrogen-bond acceptors (Lipinski definition) is 6. The smallest absolute Gasteiger partial charge is 0.223 e. The van der Waals surface area contributed by atoms with Gasteiger partial charge in [0.1, 0.15) is 11.6 Å². The number of nitrogens with zero attached hydrogens (tertiary/aromatic N) is 3. The first kappa shape index (κ1) is 10.9. The highest BCUT2D eigenvalue weighted by Gasteiger charge is 2.30. The molecule has 2 heterocycles. The van der Waals surface area contributed by atoms with Gasteiger partial charge in [0.05, 0.1) is 0 Å². The van der Waals surface area contributed by atoms with Crippen molar-refractivity contribution in [3.05, 3.63) is 6.07 Å². The molecule has 16 heavy (non-hydrogen) atoms. The maximum Gasteiger partial charge on any atom is 0.223 e. The van der Waals surface area contributed by atoms with Crippen LogP contribution >= 0.6 is 0 Å². The second kappa shape index (κ2) is 3.79. The van der Waals surface area contributed by atoms with Crippen molar-refractivity contribution in [2.75, 3.05) is 36.1 Å². The average Bonchev–Trinajstić information content (AvgIpc) is 2.58. The van der Waals surface area contributed by atoms with Gasteiger partial charge in [-0.2, -0.15) is 9.97 Å². The van der Waals surface area contributed by atoms with E-state index in [4.69, 9.17) is 11.5 Å². The fraction of sp³-hybridized carbons (Fsp3) is 0.600. The highest BCUT2D eigenvalue weighted by atomic mass is 15.3. The van der Waals surface area contributed by atoms with Crippen LogP contribution in [0.3, 0.4) is 0 Å². The third kappa shape index (κ3) is 2.16. The van der Waals surface area contributed by atoms with Crippen LogP contribution in [0.1, 0.15) is 13.3 Å². The average molecular weight is 222 g/mol. The summed E-state index contributed by atoms with van der Waals surface area (Å²) in [4.78, 5) is 10.4. The van der Waals surface area contributed by atoms with Crippen molar-refractivity contribution < 1.29 is 0 Å². The largest absolute Gasteiger partial charge is 0.373 e. The molecule has 1 unspecified atom stereocenters. The topological polar surface area (TPSA) is 93.1 Å². The molecule has 1 aliphatic rings. The number of anilines is 3. The van der Waals surface area contributed by atoms with Crippen LogP contribution in [0.2, 0.25) is 0 Å². The van der Waals surface area contributed by atoms with Crippen LogP contribution in [0.25, 0.3) is 0 Å². The third-order valence-corrected chi connectivity index (χ3v) is 2.81. The molecule has 1 aromatic rings. The van der Waals surface area contributed by atoms with Crippen LogP contribution in [0.5, 0.6) is 0 Å². The van der Waals surface area contributed by atoms with Crippen LogP contribution < -0.4 is 21.7 Å². The minimum Gasteiger partial charge on any atom is -0.373 e. The Balaban J connectivity index is 2.24. The van der Waals surface area contributed by atoms with Gasteiger partial charge in [-0.3, -0.25) is 0 Å². The van der Waals surface area contributed by atoms with Crippen LogP contribution in [0, 0.1) is 0 Å². The zero-order valence-corrected chi connectivity index (χ0v) is 9.70. The van der Waals surface area contributed by atoms with Gasteiger partial charge in [0, 0.05) is 31.7 Å². The Morgan fingerprint density at radius 3 is 2.81 bits per heavy atom. The van der Waals surface area contributed by atoms with Crippen molar-refractivity contribution in [1.82, 2.24) is 9.97 Å². The van der Waals surface area contributed by atoms with Crippen LogP contribution in [-0.2, 0) is 0 Å². The van der Waals surface area contributed by atoms with Crippen molar-refractivity contribution in [2.24, 2.45) is 5.73 Å². The summed E-state index contributed by atoms with van der Waals surface area (Å²) in [6.45, 7) is 3.76. The van der Waals surface area contributed by atoms with E-state index in [-0.39, 0.29) is 11.5 Å². The van der Waals surface area contributed by atoms with Crippen molar-refractivity contribution in [1.29, 1.82) is 0 Å². The molecule has 0 spiro atoms. The Morgan fingerprint density at radius 1 is 1.50 bits per heavy atom. The van der Waals surface area contributed by atoms with E-state index in [9.17, 15) is 0 Å². The maximum absolute atomic E-state index is 6.08. The molecule has 0 bridgehead atoms. The Morgan fingerprint density at radius 2 is 2.25 bits per heavy atom. The van der Waals surface area contributed by atoms with Crippen LogP contribution in [0.15, 0.2) is 6.07 Å². The van der Waals surface area contributed by atoms with Gasteiger partial charge in [-0.15, -0.1) is 0 Å². The fourth-order valence-electron chi connectivity index (χ4n) is 1.92. The van der Waals surface area contributed by atoms with Crippen molar-refractivity contribution in [3.8, 4) is 0 Å². The standard InChI is InChI=1S/C10H18N6/c1-10(12)3-4-16(6-10)8-5-7(13-2)14-9(11)15-8/h5H,3-4,6,12H2,1-2H3,(H3,11,13,14,15). The number of nitrogens with one attached hydrogen (secondary N) is 1. The highest BCUT2D eigenvalue weighted by Crippen LogP contribution is 2.25. The molecule has 0 saturated carbocycles. The number of aromatic nitrogens is 2. The summed E-state index contributed by atoms with van der Waals surface area (Å²) in [5, 5.41) is 2.96. The van der Waals surface area contributed by atoms with Gasteiger partial charge in [-0.25, -0.2) is 0 Å². The van der Waals surface area contributed by atoms with E-state index in [0.29, 0.717) is 0 Å². The number of nitrogens with two attached hydrogens (primary N) is 2. The Kier molecular flexibility index (Phi) is 2.59. The first-order valence-electron chi connectivity index (χ1n) is 5.36.